The van der Waals surface area contributed by atoms with Gasteiger partial charge in [0, 0.05) is 32.4 Å². The van der Waals surface area contributed by atoms with Crippen molar-refractivity contribution in [3.8, 4) is 0 Å². The lowest BCUT2D eigenvalue weighted by Crippen LogP contribution is -2.34. The van der Waals surface area contributed by atoms with Gasteiger partial charge in [-0.05, 0) is 38.1 Å². The number of Topliss-reactive ketones (excluding diaryl/α,β-unsaturated/α-hetero) is 1. The Balaban J connectivity index is 2.14. The van der Waals surface area contributed by atoms with Crippen LogP contribution < -0.4 is 0 Å². The zero-order valence-corrected chi connectivity index (χ0v) is 22.2. The molecule has 1 aliphatic heterocycles. The summed E-state index contributed by atoms with van der Waals surface area (Å²) in [6.45, 7) is 8.05. The third-order valence-corrected chi connectivity index (χ3v) is 7.18. The zero-order chi connectivity index (χ0) is 24.0. The first-order valence-corrected chi connectivity index (χ1v) is 14.5. The fraction of sp³-hybridized carbons (Fsp3) is 0.931. The highest BCUT2D eigenvalue weighted by Gasteiger charge is 2.15. The van der Waals surface area contributed by atoms with Gasteiger partial charge in [-0.1, -0.05) is 97.3 Å². The van der Waals surface area contributed by atoms with E-state index in [9.17, 15) is 9.59 Å². The maximum absolute atomic E-state index is 12.3. The average Bonchev–Trinajstić information content (AvgIpc) is 2.82. The molecule has 0 amide bonds. The van der Waals surface area contributed by atoms with Crippen molar-refractivity contribution in [2.24, 2.45) is 5.92 Å². The van der Waals surface area contributed by atoms with Crippen LogP contribution in [0.4, 0.5) is 0 Å². The van der Waals surface area contributed by atoms with Crippen LogP contribution in [0.15, 0.2) is 0 Å². The van der Waals surface area contributed by atoms with Crippen LogP contribution in [0.1, 0.15) is 142 Å². The van der Waals surface area contributed by atoms with E-state index >= 15 is 0 Å². The molecule has 4 heteroatoms. The van der Waals surface area contributed by atoms with Gasteiger partial charge in [0.2, 0.25) is 0 Å². The van der Waals surface area contributed by atoms with Crippen LogP contribution in [-0.2, 0) is 14.3 Å². The van der Waals surface area contributed by atoms with Gasteiger partial charge >= 0.3 is 5.97 Å². The minimum absolute atomic E-state index is 0.00513. The van der Waals surface area contributed by atoms with Crippen LogP contribution in [0.2, 0.25) is 0 Å². The van der Waals surface area contributed by atoms with Gasteiger partial charge in [0.25, 0.3) is 0 Å². The Morgan fingerprint density at radius 1 is 0.758 bits per heavy atom. The number of hydrogen-bond donors (Lipinski definition) is 0. The Kier molecular flexibility index (Phi) is 19.7. The first kappa shape index (κ1) is 30.1. The van der Waals surface area contributed by atoms with Crippen molar-refractivity contribution in [3.05, 3.63) is 0 Å². The second-order valence-corrected chi connectivity index (χ2v) is 10.4. The van der Waals surface area contributed by atoms with Gasteiger partial charge in [0.05, 0.1) is 6.61 Å². The summed E-state index contributed by atoms with van der Waals surface area (Å²) in [4.78, 5) is 26.0. The Morgan fingerprint density at radius 3 is 1.85 bits per heavy atom. The second-order valence-electron chi connectivity index (χ2n) is 10.4. The number of likely N-dealkylation sites (tertiary alicyclic amines) is 1. The molecule has 0 aliphatic carbocycles. The van der Waals surface area contributed by atoms with E-state index in [1.165, 1.54) is 89.9 Å². The standard InChI is InChI=1S/C29H55NO3/c1-3-5-7-9-11-14-18-27(19-15-12-10-8-6-4-2)26-33-29(32)20-16-13-17-23-30-24-21-28(31)22-25-30/h27H,3-26H2,1-2H3. The Morgan fingerprint density at radius 2 is 1.27 bits per heavy atom. The molecular weight excluding hydrogens is 410 g/mol. The molecule has 0 aromatic rings. The molecule has 1 fully saturated rings. The lowest BCUT2D eigenvalue weighted by molar-refractivity contribution is -0.145. The molecule has 1 heterocycles. The smallest absolute Gasteiger partial charge is 0.305 e. The molecule has 0 saturated carbocycles. The van der Waals surface area contributed by atoms with Crippen molar-refractivity contribution in [2.45, 2.75) is 142 Å². The van der Waals surface area contributed by atoms with E-state index in [0.29, 0.717) is 37.6 Å². The molecule has 0 radical (unpaired) electrons. The van der Waals surface area contributed by atoms with E-state index in [0.717, 1.165) is 38.9 Å². The van der Waals surface area contributed by atoms with Crippen molar-refractivity contribution >= 4 is 11.8 Å². The number of ketones is 1. The summed E-state index contributed by atoms with van der Waals surface area (Å²) in [6.07, 6.45) is 23.5. The normalized spacial score (nSPS) is 14.8. The predicted octanol–water partition coefficient (Wildman–Crippen LogP) is 7.87. The van der Waals surface area contributed by atoms with Crippen molar-refractivity contribution < 1.29 is 14.3 Å². The lowest BCUT2D eigenvalue weighted by atomic mass is 9.94. The molecule has 0 spiro atoms. The molecule has 4 nitrogen and oxygen atoms in total. The fourth-order valence-corrected chi connectivity index (χ4v) is 4.83. The van der Waals surface area contributed by atoms with Crippen LogP contribution in [0.25, 0.3) is 0 Å². The highest BCUT2D eigenvalue weighted by molar-refractivity contribution is 5.79. The highest BCUT2D eigenvalue weighted by Crippen LogP contribution is 2.20. The van der Waals surface area contributed by atoms with Gasteiger partial charge < -0.3 is 9.64 Å². The summed E-state index contributed by atoms with van der Waals surface area (Å²) in [6, 6.07) is 0. The van der Waals surface area contributed by atoms with Gasteiger partial charge in [-0.25, -0.2) is 0 Å². The Bertz CT molecular complexity index is 453. The van der Waals surface area contributed by atoms with Crippen molar-refractivity contribution in [3.63, 3.8) is 0 Å². The quantitative estimate of drug-likeness (QED) is 0.120. The largest absolute Gasteiger partial charge is 0.465 e. The third kappa shape index (κ3) is 18.1. The van der Waals surface area contributed by atoms with E-state index in [2.05, 4.69) is 18.7 Å². The van der Waals surface area contributed by atoms with Crippen LogP contribution in [0.5, 0.6) is 0 Å². The number of carbonyl (C=O) groups excluding carboxylic acids is 2. The van der Waals surface area contributed by atoms with Gasteiger partial charge in [0.1, 0.15) is 5.78 Å². The molecule has 0 unspecified atom stereocenters. The van der Waals surface area contributed by atoms with Gasteiger partial charge in [0.15, 0.2) is 0 Å². The maximum Gasteiger partial charge on any atom is 0.305 e. The molecule has 1 saturated heterocycles. The number of rotatable bonds is 22. The molecule has 0 atom stereocenters. The minimum Gasteiger partial charge on any atom is -0.465 e. The fourth-order valence-electron chi connectivity index (χ4n) is 4.83. The molecule has 0 N–H and O–H groups in total. The maximum atomic E-state index is 12.3. The molecule has 1 aliphatic rings. The molecule has 1 rings (SSSR count). The first-order valence-electron chi connectivity index (χ1n) is 14.5. The third-order valence-electron chi connectivity index (χ3n) is 7.18. The summed E-state index contributed by atoms with van der Waals surface area (Å²) in [5, 5.41) is 0. The van der Waals surface area contributed by atoms with E-state index in [4.69, 9.17) is 4.74 Å². The number of carbonyl (C=O) groups is 2. The first-order chi connectivity index (χ1) is 16.2. The van der Waals surface area contributed by atoms with Crippen molar-refractivity contribution in [1.82, 2.24) is 4.90 Å². The number of piperidine rings is 1. The zero-order valence-electron chi connectivity index (χ0n) is 22.2. The summed E-state index contributed by atoms with van der Waals surface area (Å²) in [5.41, 5.74) is 0. The van der Waals surface area contributed by atoms with E-state index in [1.807, 2.05) is 0 Å². The highest BCUT2D eigenvalue weighted by atomic mass is 16.5. The SMILES string of the molecule is CCCCCCCCC(CCCCCCCC)COC(=O)CCCCCN1CCC(=O)CC1. The van der Waals surface area contributed by atoms with Gasteiger partial charge in [-0.3, -0.25) is 9.59 Å². The summed E-state index contributed by atoms with van der Waals surface area (Å²) in [5.74, 6) is 0.947. The predicted molar refractivity (Wildman–Crippen MR) is 140 cm³/mol. The number of esters is 1. The minimum atomic E-state index is -0.00513. The van der Waals surface area contributed by atoms with Crippen molar-refractivity contribution in [2.75, 3.05) is 26.2 Å². The topological polar surface area (TPSA) is 46.6 Å². The number of nitrogens with zero attached hydrogens (tertiary/aromatic N) is 1. The molecular formula is C29H55NO3. The molecule has 0 aromatic heterocycles. The van der Waals surface area contributed by atoms with Gasteiger partial charge in [-0.15, -0.1) is 0 Å². The molecule has 0 bridgehead atoms. The summed E-state index contributed by atoms with van der Waals surface area (Å²) < 4.78 is 5.72. The van der Waals surface area contributed by atoms with Crippen LogP contribution in [0, 0.1) is 5.92 Å². The summed E-state index contributed by atoms with van der Waals surface area (Å²) in [7, 11) is 0. The summed E-state index contributed by atoms with van der Waals surface area (Å²) >= 11 is 0. The lowest BCUT2D eigenvalue weighted by Gasteiger charge is -2.25. The number of unbranched alkanes of at least 4 members (excludes halogenated alkanes) is 12. The van der Waals surface area contributed by atoms with E-state index in [1.54, 1.807) is 0 Å². The molecule has 33 heavy (non-hydrogen) atoms. The Labute approximate surface area is 205 Å². The van der Waals surface area contributed by atoms with Crippen LogP contribution in [-0.4, -0.2) is 42.9 Å². The molecule has 194 valence electrons. The van der Waals surface area contributed by atoms with E-state index < -0.39 is 0 Å². The van der Waals surface area contributed by atoms with E-state index in [-0.39, 0.29) is 5.97 Å². The van der Waals surface area contributed by atoms with Crippen molar-refractivity contribution in [1.29, 1.82) is 0 Å². The second kappa shape index (κ2) is 21.6. The Hall–Kier alpha value is -0.900. The molecule has 0 aromatic carbocycles. The van der Waals surface area contributed by atoms with Crippen LogP contribution >= 0.6 is 0 Å². The number of hydrogen-bond acceptors (Lipinski definition) is 4. The monoisotopic (exact) mass is 465 g/mol. The van der Waals surface area contributed by atoms with Crippen LogP contribution in [0.3, 0.4) is 0 Å². The number of ether oxygens (including phenoxy) is 1. The average molecular weight is 466 g/mol. The van der Waals surface area contributed by atoms with Gasteiger partial charge in [-0.2, -0.15) is 0 Å².